The molecule has 53 heavy (non-hydrogen) atoms. The Morgan fingerprint density at radius 2 is 1.30 bits per heavy atom. The average Bonchev–Trinajstić information content (AvgIpc) is 3.56. The lowest BCUT2D eigenvalue weighted by molar-refractivity contribution is 0.674. The van der Waals surface area contributed by atoms with Crippen molar-refractivity contribution in [2.45, 2.75) is 31.8 Å². The van der Waals surface area contributed by atoms with Gasteiger partial charge < -0.3 is 9.88 Å². The minimum Gasteiger partial charge on any atom is -0.344 e. The molecule has 7 aromatic rings. The minimum absolute atomic E-state index is 0.272. The van der Waals surface area contributed by atoms with Crippen LogP contribution < -0.4 is 5.32 Å². The van der Waals surface area contributed by atoms with Gasteiger partial charge in [-0.3, -0.25) is 0 Å². The van der Waals surface area contributed by atoms with E-state index in [1.807, 2.05) is 24.3 Å². The van der Waals surface area contributed by atoms with E-state index in [4.69, 9.17) is 9.98 Å². The minimum atomic E-state index is -0.272. The van der Waals surface area contributed by atoms with Gasteiger partial charge in [-0.15, -0.1) is 0 Å². The summed E-state index contributed by atoms with van der Waals surface area (Å²) in [4.78, 5) is 10.3. The van der Waals surface area contributed by atoms with Crippen molar-refractivity contribution in [1.29, 1.82) is 0 Å². The summed E-state index contributed by atoms with van der Waals surface area (Å²) < 4.78 is 2.42. The smallest absolute Gasteiger partial charge is 0.159 e. The molecule has 1 unspecified atom stereocenters. The van der Waals surface area contributed by atoms with Crippen LogP contribution >= 0.6 is 0 Å². The largest absolute Gasteiger partial charge is 0.344 e. The maximum atomic E-state index is 5.18. The van der Waals surface area contributed by atoms with E-state index in [2.05, 4.69) is 156 Å². The van der Waals surface area contributed by atoms with Crippen LogP contribution in [0.3, 0.4) is 0 Å². The predicted octanol–water partition coefficient (Wildman–Crippen LogP) is 11.6. The molecule has 0 bridgehead atoms. The molecule has 1 N–H and O–H groups in total. The number of hydrogen-bond acceptors (Lipinski definition) is 3. The molecule has 3 aliphatic rings. The Kier molecular flexibility index (Phi) is 7.79. The lowest BCUT2D eigenvalue weighted by Gasteiger charge is -2.24. The van der Waals surface area contributed by atoms with Crippen molar-refractivity contribution in [3.8, 4) is 16.8 Å². The highest BCUT2D eigenvalue weighted by molar-refractivity contribution is 6.13. The Bertz CT molecular complexity index is 2650. The second kappa shape index (κ2) is 13.2. The molecular weight excluding hydrogens is 645 g/mol. The maximum Gasteiger partial charge on any atom is 0.159 e. The Morgan fingerprint density at radius 3 is 2.08 bits per heavy atom. The van der Waals surface area contributed by atoms with E-state index in [-0.39, 0.29) is 6.17 Å². The fourth-order valence-electron chi connectivity index (χ4n) is 8.10. The number of aromatic nitrogens is 1. The predicted molar refractivity (Wildman–Crippen MR) is 221 cm³/mol. The normalized spacial score (nSPS) is 16.7. The van der Waals surface area contributed by atoms with Gasteiger partial charge in [0.25, 0.3) is 0 Å². The Morgan fingerprint density at radius 1 is 0.585 bits per heavy atom. The van der Waals surface area contributed by atoms with Crippen LogP contribution in [0, 0.1) is 0 Å². The van der Waals surface area contributed by atoms with Gasteiger partial charge in [0.15, 0.2) is 5.84 Å². The van der Waals surface area contributed by atoms with E-state index in [0.717, 1.165) is 53.9 Å². The molecule has 2 heterocycles. The second-order valence-electron chi connectivity index (χ2n) is 14.1. The fourth-order valence-corrected chi connectivity index (χ4v) is 8.10. The highest BCUT2D eigenvalue weighted by Gasteiger charge is 2.22. The number of hydrogen-bond donors (Lipinski definition) is 1. The van der Waals surface area contributed by atoms with Gasteiger partial charge in [-0.05, 0) is 107 Å². The highest BCUT2D eigenvalue weighted by Crippen LogP contribution is 2.38. The molecule has 1 aromatic heterocycles. The first kappa shape index (κ1) is 31.2. The number of nitrogens with one attached hydrogen (secondary N) is 1. The van der Waals surface area contributed by atoms with E-state index < -0.39 is 0 Å². The molecule has 6 aromatic carbocycles. The van der Waals surface area contributed by atoms with Gasteiger partial charge in [0, 0.05) is 27.6 Å². The maximum absolute atomic E-state index is 5.18. The molecule has 1 atom stereocenters. The Balaban J connectivity index is 1.03. The first-order valence-corrected chi connectivity index (χ1v) is 18.6. The van der Waals surface area contributed by atoms with Gasteiger partial charge in [0.05, 0.1) is 11.0 Å². The number of para-hydroxylation sites is 1. The zero-order valence-electron chi connectivity index (χ0n) is 29.4. The van der Waals surface area contributed by atoms with Crippen LogP contribution in [0.2, 0.25) is 0 Å². The van der Waals surface area contributed by atoms with Gasteiger partial charge in [0.1, 0.15) is 12.0 Å². The van der Waals surface area contributed by atoms with Crippen LogP contribution in [-0.2, 0) is 6.42 Å². The first-order valence-electron chi connectivity index (χ1n) is 18.6. The molecule has 0 spiro atoms. The molecule has 2 aliphatic carbocycles. The number of rotatable bonds is 6. The molecule has 0 saturated carbocycles. The van der Waals surface area contributed by atoms with Crippen LogP contribution in [0.15, 0.2) is 185 Å². The third kappa shape index (κ3) is 5.83. The summed E-state index contributed by atoms with van der Waals surface area (Å²) in [6.07, 6.45) is 13.4. The number of aliphatic imine (C=N–C) groups is 2. The zero-order chi connectivity index (χ0) is 35.1. The highest BCUT2D eigenvalue weighted by atomic mass is 15.2. The number of allylic oxidation sites excluding steroid dienone is 5. The monoisotopic (exact) mass is 682 g/mol. The SMILES string of the molecule is C1=CCCC(C2=Cc3cc4c5ccccc5n(-c5ccc(C6=NC(c7ccc(-c8ccccc8)cc7)NC(c7ccccc7)=N6)cc5)c4cc3CC2)=C1. The van der Waals surface area contributed by atoms with E-state index >= 15 is 0 Å². The summed E-state index contributed by atoms with van der Waals surface area (Å²) in [6.45, 7) is 0. The average molecular weight is 683 g/mol. The van der Waals surface area contributed by atoms with Gasteiger partial charge >= 0.3 is 0 Å². The summed E-state index contributed by atoms with van der Waals surface area (Å²) in [5.41, 5.74) is 14.8. The zero-order valence-corrected chi connectivity index (χ0v) is 29.4. The number of benzene rings is 6. The molecule has 10 rings (SSSR count). The van der Waals surface area contributed by atoms with Crippen molar-refractivity contribution in [2.24, 2.45) is 9.98 Å². The lowest BCUT2D eigenvalue weighted by atomic mass is 9.85. The standard InChI is InChI=1S/C49H38N4/c1-4-12-33(13-5-1)35-20-22-37(23-21-35)48-50-47(36-16-8-3-9-17-36)51-49(52-48)38-26-28-42(29-27-38)53-45-19-11-10-18-43(45)44-31-41-30-39(34-14-6-2-7-15-34)24-25-40(41)32-46(44)53/h1-6,8-14,16-23,26-32,48H,7,15,24-25H2,(H,50,51,52). The lowest BCUT2D eigenvalue weighted by Crippen LogP contribution is -2.33. The van der Waals surface area contributed by atoms with Gasteiger partial charge in [-0.2, -0.15) is 0 Å². The number of fused-ring (bicyclic) bond motifs is 4. The van der Waals surface area contributed by atoms with Gasteiger partial charge in [-0.25, -0.2) is 9.98 Å². The summed E-state index contributed by atoms with van der Waals surface area (Å²) in [5.74, 6) is 1.53. The van der Waals surface area contributed by atoms with Crippen LogP contribution in [0.4, 0.5) is 0 Å². The summed E-state index contributed by atoms with van der Waals surface area (Å²) >= 11 is 0. The molecule has 4 nitrogen and oxygen atoms in total. The van der Waals surface area contributed by atoms with Crippen LogP contribution in [0.1, 0.15) is 53.2 Å². The second-order valence-corrected chi connectivity index (χ2v) is 14.1. The fraction of sp³-hybridized carbons (Fsp3) is 0.102. The van der Waals surface area contributed by atoms with E-state index in [1.165, 1.54) is 55.2 Å². The number of nitrogens with zero attached hydrogens (tertiary/aromatic N) is 3. The van der Waals surface area contributed by atoms with E-state index in [9.17, 15) is 0 Å². The molecule has 0 saturated heterocycles. The van der Waals surface area contributed by atoms with Gasteiger partial charge in [-0.1, -0.05) is 127 Å². The van der Waals surface area contributed by atoms with Crippen LogP contribution in [0.25, 0.3) is 44.7 Å². The van der Waals surface area contributed by atoms with Crippen molar-refractivity contribution in [1.82, 2.24) is 9.88 Å². The number of aryl methyl sites for hydroxylation is 1. The van der Waals surface area contributed by atoms with Crippen LogP contribution in [-0.4, -0.2) is 16.2 Å². The summed E-state index contributed by atoms with van der Waals surface area (Å²) in [6, 6.07) is 51.9. The van der Waals surface area contributed by atoms with E-state index in [0.29, 0.717) is 5.84 Å². The van der Waals surface area contributed by atoms with Crippen molar-refractivity contribution >= 4 is 39.6 Å². The molecule has 0 radical (unpaired) electrons. The molecule has 0 amide bonds. The Labute approximate surface area is 309 Å². The molecule has 4 heteroatoms. The molecule has 254 valence electrons. The molecular formula is C49H38N4. The van der Waals surface area contributed by atoms with Crippen molar-refractivity contribution in [3.05, 3.63) is 203 Å². The number of amidine groups is 2. The Hall–Kier alpha value is -6.52. The van der Waals surface area contributed by atoms with Gasteiger partial charge in [0.2, 0.25) is 0 Å². The topological polar surface area (TPSA) is 41.7 Å². The molecule has 0 fully saturated rings. The summed E-state index contributed by atoms with van der Waals surface area (Å²) in [7, 11) is 0. The van der Waals surface area contributed by atoms with E-state index in [1.54, 1.807) is 0 Å². The summed E-state index contributed by atoms with van der Waals surface area (Å²) in [5, 5.41) is 6.18. The quantitative estimate of drug-likeness (QED) is 0.186. The third-order valence-corrected chi connectivity index (χ3v) is 10.9. The van der Waals surface area contributed by atoms with Crippen molar-refractivity contribution in [2.75, 3.05) is 0 Å². The third-order valence-electron chi connectivity index (χ3n) is 10.9. The first-order chi connectivity index (χ1) is 26.2. The van der Waals surface area contributed by atoms with Crippen molar-refractivity contribution in [3.63, 3.8) is 0 Å². The van der Waals surface area contributed by atoms with Crippen LogP contribution in [0.5, 0.6) is 0 Å². The molecule has 1 aliphatic heterocycles. The van der Waals surface area contributed by atoms with Crippen molar-refractivity contribution < 1.29 is 0 Å².